The van der Waals surface area contributed by atoms with Crippen molar-refractivity contribution in [3.63, 3.8) is 0 Å². The van der Waals surface area contributed by atoms with Gasteiger partial charge in [0.15, 0.2) is 0 Å². The highest BCUT2D eigenvalue weighted by molar-refractivity contribution is 6.03. The zero-order valence-corrected chi connectivity index (χ0v) is 11.4. The van der Waals surface area contributed by atoms with E-state index in [1.807, 2.05) is 6.92 Å². The second-order valence-corrected chi connectivity index (χ2v) is 4.22. The molecule has 108 valence electrons. The molecule has 0 aliphatic carbocycles. The SMILES string of the molecule is CCCNC(=O)CN(C)C(=O)c1ncccc1C(=O)O. The van der Waals surface area contributed by atoms with E-state index in [1.54, 1.807) is 0 Å². The van der Waals surface area contributed by atoms with E-state index in [0.29, 0.717) is 6.54 Å². The summed E-state index contributed by atoms with van der Waals surface area (Å²) in [4.78, 5) is 39.6. The Labute approximate surface area is 116 Å². The highest BCUT2D eigenvalue weighted by atomic mass is 16.4. The van der Waals surface area contributed by atoms with Crippen LogP contribution in [0.4, 0.5) is 0 Å². The first-order chi connectivity index (χ1) is 9.47. The highest BCUT2D eigenvalue weighted by Crippen LogP contribution is 2.08. The van der Waals surface area contributed by atoms with Gasteiger partial charge >= 0.3 is 5.97 Å². The van der Waals surface area contributed by atoms with E-state index in [1.165, 1.54) is 25.4 Å². The maximum Gasteiger partial charge on any atom is 0.338 e. The second kappa shape index (κ2) is 7.22. The predicted octanol–water partition coefficient (Wildman–Crippen LogP) is 0.378. The number of carbonyl (C=O) groups is 3. The number of carboxylic acid groups (broad SMARTS) is 1. The van der Waals surface area contributed by atoms with Crippen LogP contribution in [0.3, 0.4) is 0 Å². The van der Waals surface area contributed by atoms with Gasteiger partial charge < -0.3 is 15.3 Å². The molecule has 7 nitrogen and oxygen atoms in total. The number of carbonyl (C=O) groups excluding carboxylic acids is 2. The number of likely N-dealkylation sites (N-methyl/N-ethyl adjacent to an activating group) is 1. The van der Waals surface area contributed by atoms with Crippen LogP contribution in [0, 0.1) is 0 Å². The zero-order chi connectivity index (χ0) is 15.1. The molecule has 0 aromatic carbocycles. The molecule has 7 heteroatoms. The van der Waals surface area contributed by atoms with Crippen molar-refractivity contribution in [3.05, 3.63) is 29.6 Å². The van der Waals surface area contributed by atoms with Crippen molar-refractivity contribution >= 4 is 17.8 Å². The van der Waals surface area contributed by atoms with Crippen LogP contribution in [-0.4, -0.2) is 52.9 Å². The third-order valence-corrected chi connectivity index (χ3v) is 2.54. The van der Waals surface area contributed by atoms with Gasteiger partial charge in [0.25, 0.3) is 5.91 Å². The summed E-state index contributed by atoms with van der Waals surface area (Å²) in [6, 6.07) is 2.74. The van der Waals surface area contributed by atoms with E-state index in [4.69, 9.17) is 5.11 Å². The molecule has 0 spiro atoms. The van der Waals surface area contributed by atoms with E-state index < -0.39 is 11.9 Å². The quantitative estimate of drug-likeness (QED) is 0.784. The molecule has 0 atom stereocenters. The summed E-state index contributed by atoms with van der Waals surface area (Å²) in [7, 11) is 1.42. The lowest BCUT2D eigenvalue weighted by molar-refractivity contribution is -0.121. The maximum atomic E-state index is 12.1. The molecule has 0 radical (unpaired) electrons. The fourth-order valence-electron chi connectivity index (χ4n) is 1.54. The van der Waals surface area contributed by atoms with Gasteiger partial charge in [-0.25, -0.2) is 4.79 Å². The Kier molecular flexibility index (Phi) is 5.64. The molecule has 0 saturated heterocycles. The first kappa shape index (κ1) is 15.6. The van der Waals surface area contributed by atoms with Crippen molar-refractivity contribution in [2.24, 2.45) is 0 Å². The largest absolute Gasteiger partial charge is 0.478 e. The van der Waals surface area contributed by atoms with Gasteiger partial charge in [-0.05, 0) is 18.6 Å². The Morgan fingerprint density at radius 2 is 2.10 bits per heavy atom. The number of pyridine rings is 1. The average Bonchev–Trinajstić information content (AvgIpc) is 2.44. The average molecular weight is 279 g/mol. The molecule has 20 heavy (non-hydrogen) atoms. The molecular weight excluding hydrogens is 262 g/mol. The van der Waals surface area contributed by atoms with E-state index in [-0.39, 0.29) is 23.7 Å². The van der Waals surface area contributed by atoms with Gasteiger partial charge in [-0.15, -0.1) is 0 Å². The molecule has 1 aromatic heterocycles. The Hall–Kier alpha value is -2.44. The fourth-order valence-corrected chi connectivity index (χ4v) is 1.54. The molecule has 0 saturated carbocycles. The van der Waals surface area contributed by atoms with Crippen LogP contribution in [0.2, 0.25) is 0 Å². The standard InChI is InChI=1S/C13H17N3O4/c1-3-6-14-10(17)8-16(2)12(18)11-9(13(19)20)5-4-7-15-11/h4-5,7H,3,6,8H2,1-2H3,(H,14,17)(H,19,20). The van der Waals surface area contributed by atoms with Gasteiger partial charge in [0.05, 0.1) is 12.1 Å². The lowest BCUT2D eigenvalue weighted by atomic mass is 10.2. The molecule has 1 rings (SSSR count). The normalized spacial score (nSPS) is 9.90. The summed E-state index contributed by atoms with van der Waals surface area (Å²) in [5, 5.41) is 11.6. The molecule has 0 aliphatic heterocycles. The molecule has 0 bridgehead atoms. The molecule has 2 amide bonds. The molecule has 1 aromatic rings. The van der Waals surface area contributed by atoms with Gasteiger partial charge in [-0.2, -0.15) is 0 Å². The second-order valence-electron chi connectivity index (χ2n) is 4.22. The number of hydrogen-bond donors (Lipinski definition) is 2. The van der Waals surface area contributed by atoms with Crippen molar-refractivity contribution in [1.29, 1.82) is 0 Å². The number of carboxylic acids is 1. The van der Waals surface area contributed by atoms with Crippen LogP contribution < -0.4 is 5.32 Å². The summed E-state index contributed by atoms with van der Waals surface area (Å²) in [5.74, 6) is -2.13. The van der Waals surface area contributed by atoms with Crippen LogP contribution in [0.5, 0.6) is 0 Å². The minimum Gasteiger partial charge on any atom is -0.478 e. The Bertz CT molecular complexity index is 516. The minimum atomic E-state index is -1.23. The van der Waals surface area contributed by atoms with Crippen molar-refractivity contribution in [3.8, 4) is 0 Å². The molecule has 0 fully saturated rings. The van der Waals surface area contributed by atoms with Crippen LogP contribution >= 0.6 is 0 Å². The maximum absolute atomic E-state index is 12.1. The number of nitrogens with zero attached hydrogens (tertiary/aromatic N) is 2. The van der Waals surface area contributed by atoms with E-state index in [2.05, 4.69) is 10.3 Å². The van der Waals surface area contributed by atoms with Gasteiger partial charge in [0.1, 0.15) is 5.69 Å². The number of nitrogens with one attached hydrogen (secondary N) is 1. The van der Waals surface area contributed by atoms with E-state index in [9.17, 15) is 14.4 Å². The first-order valence-corrected chi connectivity index (χ1v) is 6.17. The summed E-state index contributed by atoms with van der Waals surface area (Å²) >= 11 is 0. The number of aromatic carboxylic acids is 1. The lowest BCUT2D eigenvalue weighted by Gasteiger charge is -2.17. The Morgan fingerprint density at radius 1 is 1.40 bits per heavy atom. The van der Waals surface area contributed by atoms with Crippen molar-refractivity contribution in [2.45, 2.75) is 13.3 Å². The number of aromatic nitrogens is 1. The Morgan fingerprint density at radius 3 is 2.70 bits per heavy atom. The fraction of sp³-hybridized carbons (Fsp3) is 0.385. The van der Waals surface area contributed by atoms with Gasteiger partial charge in [-0.3, -0.25) is 14.6 Å². The molecule has 2 N–H and O–H groups in total. The number of amides is 2. The van der Waals surface area contributed by atoms with Gasteiger partial charge in [0, 0.05) is 19.8 Å². The molecule has 0 aliphatic rings. The smallest absolute Gasteiger partial charge is 0.338 e. The third kappa shape index (κ3) is 4.04. The summed E-state index contributed by atoms with van der Waals surface area (Å²) in [6.45, 7) is 2.31. The molecular formula is C13H17N3O4. The topological polar surface area (TPSA) is 99.6 Å². The summed E-state index contributed by atoms with van der Waals surface area (Å²) < 4.78 is 0. The predicted molar refractivity (Wildman–Crippen MR) is 71.5 cm³/mol. The van der Waals surface area contributed by atoms with Gasteiger partial charge in [0.2, 0.25) is 5.91 Å². The summed E-state index contributed by atoms with van der Waals surface area (Å²) in [5.41, 5.74) is -0.357. The van der Waals surface area contributed by atoms with Crippen molar-refractivity contribution in [2.75, 3.05) is 20.1 Å². The number of hydrogen-bond acceptors (Lipinski definition) is 4. The highest BCUT2D eigenvalue weighted by Gasteiger charge is 2.21. The van der Waals surface area contributed by atoms with E-state index in [0.717, 1.165) is 11.3 Å². The van der Waals surface area contributed by atoms with Crippen molar-refractivity contribution < 1.29 is 19.5 Å². The van der Waals surface area contributed by atoms with Crippen LogP contribution in [0.25, 0.3) is 0 Å². The molecule has 1 heterocycles. The van der Waals surface area contributed by atoms with Crippen LogP contribution in [0.1, 0.15) is 34.2 Å². The lowest BCUT2D eigenvalue weighted by Crippen LogP contribution is -2.39. The van der Waals surface area contributed by atoms with Crippen molar-refractivity contribution in [1.82, 2.24) is 15.2 Å². The third-order valence-electron chi connectivity index (χ3n) is 2.54. The Balaban J connectivity index is 2.79. The van der Waals surface area contributed by atoms with Crippen LogP contribution in [0.15, 0.2) is 18.3 Å². The monoisotopic (exact) mass is 279 g/mol. The molecule has 0 unspecified atom stereocenters. The first-order valence-electron chi connectivity index (χ1n) is 6.17. The minimum absolute atomic E-state index is 0.144. The zero-order valence-electron chi connectivity index (χ0n) is 11.4. The van der Waals surface area contributed by atoms with Gasteiger partial charge in [-0.1, -0.05) is 6.92 Å². The summed E-state index contributed by atoms with van der Waals surface area (Å²) in [6.07, 6.45) is 2.14. The van der Waals surface area contributed by atoms with Crippen LogP contribution in [-0.2, 0) is 4.79 Å². The number of rotatable bonds is 6. The van der Waals surface area contributed by atoms with E-state index >= 15 is 0 Å².